The van der Waals surface area contributed by atoms with Gasteiger partial charge < -0.3 is 5.11 Å². The van der Waals surface area contributed by atoms with Crippen LogP contribution < -0.4 is 0 Å². The minimum absolute atomic E-state index is 0.298. The van der Waals surface area contributed by atoms with Gasteiger partial charge in [0, 0.05) is 23.7 Å². The number of nitrogens with zero attached hydrogens (tertiary/aromatic N) is 3. The Kier molecular flexibility index (Phi) is 4.89. The third-order valence-electron chi connectivity index (χ3n) is 6.47. The second-order valence-electron chi connectivity index (χ2n) is 8.22. The highest BCUT2D eigenvalue weighted by Gasteiger charge is 2.44. The largest absolute Gasteiger partial charge is 0.386 e. The number of rotatable bonds is 4. The zero-order chi connectivity index (χ0) is 18.1. The van der Waals surface area contributed by atoms with Crippen molar-refractivity contribution in [3.8, 4) is 0 Å². The van der Waals surface area contributed by atoms with Crippen molar-refractivity contribution in [1.29, 1.82) is 0 Å². The van der Waals surface area contributed by atoms with Crippen LogP contribution in [0.5, 0.6) is 0 Å². The Morgan fingerprint density at radius 3 is 2.69 bits per heavy atom. The Morgan fingerprint density at radius 1 is 1.12 bits per heavy atom. The van der Waals surface area contributed by atoms with Gasteiger partial charge in [-0.05, 0) is 58.2 Å². The number of fused-ring (bicyclic) bond motifs is 1. The second kappa shape index (κ2) is 7.16. The lowest BCUT2D eigenvalue weighted by Gasteiger charge is -2.49. The van der Waals surface area contributed by atoms with Gasteiger partial charge in [0.05, 0.1) is 17.8 Å². The van der Waals surface area contributed by atoms with Crippen LogP contribution in [0.4, 0.5) is 0 Å². The summed E-state index contributed by atoms with van der Waals surface area (Å²) in [7, 11) is 0. The zero-order valence-corrected chi connectivity index (χ0v) is 16.1. The maximum absolute atomic E-state index is 11.5. The highest BCUT2D eigenvalue weighted by Crippen LogP contribution is 2.35. The third-order valence-corrected chi connectivity index (χ3v) is 6.47. The fourth-order valence-electron chi connectivity index (χ4n) is 5.01. The van der Waals surface area contributed by atoms with Crippen LogP contribution >= 0.6 is 0 Å². The predicted octanol–water partition coefficient (Wildman–Crippen LogP) is 3.47. The topological polar surface area (TPSA) is 41.3 Å². The summed E-state index contributed by atoms with van der Waals surface area (Å²) in [5.74, 6) is 0. The summed E-state index contributed by atoms with van der Waals surface area (Å²) < 4.78 is 2.08. The lowest BCUT2D eigenvalue weighted by atomic mass is 9.79. The van der Waals surface area contributed by atoms with E-state index in [2.05, 4.69) is 53.8 Å². The number of benzene rings is 1. The van der Waals surface area contributed by atoms with Crippen LogP contribution in [0.1, 0.15) is 54.6 Å². The zero-order valence-electron chi connectivity index (χ0n) is 16.1. The lowest BCUT2D eigenvalue weighted by molar-refractivity contribution is -0.105. The molecule has 1 N–H and O–H groups in total. The molecule has 2 aromatic rings. The van der Waals surface area contributed by atoms with Crippen LogP contribution in [0.3, 0.4) is 0 Å². The summed E-state index contributed by atoms with van der Waals surface area (Å²) in [5.41, 5.74) is 4.26. The van der Waals surface area contributed by atoms with Gasteiger partial charge in [-0.15, -0.1) is 0 Å². The van der Waals surface area contributed by atoms with Crippen LogP contribution in [0, 0.1) is 13.8 Å². The van der Waals surface area contributed by atoms with E-state index in [0.717, 1.165) is 44.5 Å². The fraction of sp³-hybridized carbons (Fsp3) is 0.591. The predicted molar refractivity (Wildman–Crippen MR) is 104 cm³/mol. The van der Waals surface area contributed by atoms with E-state index in [4.69, 9.17) is 5.10 Å². The van der Waals surface area contributed by atoms with Gasteiger partial charge in [-0.25, -0.2) is 0 Å². The molecule has 3 heterocycles. The van der Waals surface area contributed by atoms with Gasteiger partial charge in [-0.1, -0.05) is 36.8 Å². The molecule has 2 fully saturated rings. The maximum atomic E-state index is 11.5. The normalized spacial score (nSPS) is 26.7. The van der Waals surface area contributed by atoms with Crippen molar-refractivity contribution in [2.24, 2.45) is 0 Å². The average molecular weight is 354 g/mol. The van der Waals surface area contributed by atoms with Crippen LogP contribution in [0.15, 0.2) is 30.3 Å². The van der Waals surface area contributed by atoms with Gasteiger partial charge in [-0.2, -0.15) is 5.10 Å². The molecule has 1 aromatic heterocycles. The van der Waals surface area contributed by atoms with Crippen molar-refractivity contribution in [1.82, 2.24) is 14.7 Å². The van der Waals surface area contributed by atoms with Gasteiger partial charge in [0.2, 0.25) is 0 Å². The summed E-state index contributed by atoms with van der Waals surface area (Å²) in [6.45, 7) is 7.16. The first-order valence-corrected chi connectivity index (χ1v) is 10.1. The lowest BCUT2D eigenvalue weighted by Crippen LogP contribution is -2.60. The van der Waals surface area contributed by atoms with E-state index in [1.807, 2.05) is 0 Å². The number of aromatic nitrogens is 2. The van der Waals surface area contributed by atoms with Crippen molar-refractivity contribution in [2.45, 2.75) is 70.6 Å². The number of aryl methyl sites for hydroxylation is 1. The number of hydrogen-bond donors (Lipinski definition) is 1. The smallest absolute Gasteiger partial charge is 0.0997 e. The number of piperidine rings is 2. The van der Waals surface area contributed by atoms with E-state index < -0.39 is 5.60 Å². The Labute approximate surface area is 156 Å². The molecule has 2 aliphatic heterocycles. The Bertz CT molecular complexity index is 752. The first-order chi connectivity index (χ1) is 12.6. The molecule has 2 aliphatic rings. The molecule has 2 saturated heterocycles. The SMILES string of the molecule is Cc1nn(C[C@]2(O)CCCN3CCCC[C@@H]32)c(C)c1Cc1ccccc1. The first-order valence-electron chi connectivity index (χ1n) is 10.1. The average Bonchev–Trinajstić information content (AvgIpc) is 2.90. The van der Waals surface area contributed by atoms with Crippen LogP contribution in [0.2, 0.25) is 0 Å². The minimum Gasteiger partial charge on any atom is -0.386 e. The Balaban J connectivity index is 1.57. The second-order valence-corrected chi connectivity index (χ2v) is 8.22. The van der Waals surface area contributed by atoms with Gasteiger partial charge in [-0.3, -0.25) is 9.58 Å². The molecule has 4 rings (SSSR count). The molecule has 1 aromatic carbocycles. The van der Waals surface area contributed by atoms with Crippen molar-refractivity contribution >= 4 is 0 Å². The molecule has 0 aliphatic carbocycles. The summed E-state index contributed by atoms with van der Waals surface area (Å²) in [4.78, 5) is 2.52. The standard InChI is InChI=1S/C22H31N3O/c1-17-20(15-19-9-4-3-5-10-19)18(2)25(23-17)16-22(26)12-8-14-24-13-7-6-11-21(22)24/h3-5,9-10,21,26H,6-8,11-16H2,1-2H3/t21-,22-/m1/s1. The van der Waals surface area contributed by atoms with Gasteiger partial charge >= 0.3 is 0 Å². The molecule has 0 saturated carbocycles. The van der Waals surface area contributed by atoms with Crippen LogP contribution in [-0.2, 0) is 13.0 Å². The minimum atomic E-state index is -0.647. The fourth-order valence-corrected chi connectivity index (χ4v) is 5.01. The molecular weight excluding hydrogens is 322 g/mol. The molecule has 4 heteroatoms. The van der Waals surface area contributed by atoms with E-state index >= 15 is 0 Å². The third kappa shape index (κ3) is 3.33. The Hall–Kier alpha value is -1.65. The van der Waals surface area contributed by atoms with Crippen molar-refractivity contribution in [3.05, 3.63) is 52.8 Å². The highest BCUT2D eigenvalue weighted by molar-refractivity contribution is 5.32. The maximum Gasteiger partial charge on any atom is 0.0997 e. The van der Waals surface area contributed by atoms with Crippen molar-refractivity contribution in [3.63, 3.8) is 0 Å². The molecule has 0 spiro atoms. The molecule has 0 unspecified atom stereocenters. The van der Waals surface area contributed by atoms with Gasteiger partial charge in [0.15, 0.2) is 0 Å². The molecular formula is C22H31N3O. The number of aliphatic hydroxyl groups is 1. The van der Waals surface area contributed by atoms with Crippen molar-refractivity contribution < 1.29 is 5.11 Å². The van der Waals surface area contributed by atoms with E-state index in [1.54, 1.807) is 0 Å². The van der Waals surface area contributed by atoms with E-state index in [0.29, 0.717) is 12.6 Å². The van der Waals surface area contributed by atoms with Crippen LogP contribution in [0.25, 0.3) is 0 Å². The Morgan fingerprint density at radius 2 is 1.88 bits per heavy atom. The summed E-state index contributed by atoms with van der Waals surface area (Å²) in [6, 6.07) is 10.9. The monoisotopic (exact) mass is 353 g/mol. The van der Waals surface area contributed by atoms with E-state index in [9.17, 15) is 5.11 Å². The first kappa shape index (κ1) is 17.7. The number of hydrogen-bond acceptors (Lipinski definition) is 3. The summed E-state index contributed by atoms with van der Waals surface area (Å²) in [6.07, 6.45) is 6.51. The van der Waals surface area contributed by atoms with Gasteiger partial charge in [0.1, 0.15) is 0 Å². The van der Waals surface area contributed by atoms with Crippen LogP contribution in [-0.4, -0.2) is 44.5 Å². The quantitative estimate of drug-likeness (QED) is 0.915. The molecule has 26 heavy (non-hydrogen) atoms. The van der Waals surface area contributed by atoms with Gasteiger partial charge in [0.25, 0.3) is 0 Å². The molecule has 0 bridgehead atoms. The highest BCUT2D eigenvalue weighted by atomic mass is 16.3. The van der Waals surface area contributed by atoms with E-state index in [-0.39, 0.29) is 0 Å². The summed E-state index contributed by atoms with van der Waals surface area (Å²) >= 11 is 0. The van der Waals surface area contributed by atoms with E-state index in [1.165, 1.54) is 29.7 Å². The molecule has 0 radical (unpaired) electrons. The molecule has 0 amide bonds. The van der Waals surface area contributed by atoms with Crippen molar-refractivity contribution in [2.75, 3.05) is 13.1 Å². The molecule has 2 atom stereocenters. The molecule has 4 nitrogen and oxygen atoms in total. The molecule has 140 valence electrons. The summed E-state index contributed by atoms with van der Waals surface area (Å²) in [5, 5.41) is 16.4.